The van der Waals surface area contributed by atoms with Crippen molar-refractivity contribution in [3.63, 3.8) is 0 Å². The van der Waals surface area contributed by atoms with Gasteiger partial charge in [-0.15, -0.1) is 0 Å². The van der Waals surface area contributed by atoms with Gasteiger partial charge in [-0.1, -0.05) is 49.4 Å². The van der Waals surface area contributed by atoms with E-state index in [1.807, 2.05) is 30.3 Å². The Labute approximate surface area is 162 Å². The second-order valence-electron chi connectivity index (χ2n) is 7.44. The van der Waals surface area contributed by atoms with Gasteiger partial charge in [0.15, 0.2) is 0 Å². The van der Waals surface area contributed by atoms with E-state index in [-0.39, 0.29) is 5.91 Å². The van der Waals surface area contributed by atoms with Gasteiger partial charge in [0.05, 0.1) is 18.8 Å². The van der Waals surface area contributed by atoms with Gasteiger partial charge in [0, 0.05) is 0 Å². The van der Waals surface area contributed by atoms with Crippen LogP contribution in [-0.4, -0.2) is 37.0 Å². The van der Waals surface area contributed by atoms with Crippen molar-refractivity contribution in [1.29, 1.82) is 0 Å². The molecule has 1 aliphatic heterocycles. The largest absolute Gasteiger partial charge is 0.491 e. The van der Waals surface area contributed by atoms with E-state index >= 15 is 0 Å². The number of nitrogens with one attached hydrogen (secondary N) is 1. The van der Waals surface area contributed by atoms with Gasteiger partial charge < -0.3 is 10.1 Å². The van der Waals surface area contributed by atoms with Crippen molar-refractivity contribution in [3.8, 4) is 5.75 Å². The number of rotatable bonds is 8. The van der Waals surface area contributed by atoms with E-state index in [1.165, 1.54) is 18.4 Å². The van der Waals surface area contributed by atoms with Gasteiger partial charge in [-0.05, 0) is 62.4 Å². The Bertz CT molecular complexity index is 709. The molecule has 3 rings (SSSR count). The normalized spacial score (nSPS) is 15.4. The molecule has 0 spiro atoms. The first-order valence-electron chi connectivity index (χ1n) is 9.98. The molecule has 4 nitrogen and oxygen atoms in total. The van der Waals surface area contributed by atoms with Gasteiger partial charge in [-0.25, -0.2) is 0 Å². The molecule has 1 saturated heterocycles. The first-order valence-corrected chi connectivity index (χ1v) is 9.98. The van der Waals surface area contributed by atoms with E-state index in [0.717, 1.165) is 43.3 Å². The zero-order valence-electron chi connectivity index (χ0n) is 16.2. The molecule has 0 unspecified atom stereocenters. The number of aryl methyl sites for hydroxylation is 1. The van der Waals surface area contributed by atoms with Gasteiger partial charge in [0.1, 0.15) is 5.75 Å². The van der Waals surface area contributed by atoms with Crippen molar-refractivity contribution in [2.24, 2.45) is 5.92 Å². The number of carbonyl (C=O) groups excluding carboxylic acids is 1. The molecule has 0 aliphatic carbocycles. The lowest BCUT2D eigenvalue weighted by molar-refractivity contribution is -0.117. The predicted octanol–water partition coefficient (Wildman–Crippen LogP) is 4.37. The number of ether oxygens (including phenoxy) is 1. The van der Waals surface area contributed by atoms with Crippen LogP contribution in [0.25, 0.3) is 0 Å². The van der Waals surface area contributed by atoms with Crippen molar-refractivity contribution in [3.05, 3.63) is 60.2 Å². The number of hydrogen-bond donors (Lipinski definition) is 1. The Hall–Kier alpha value is -2.33. The van der Waals surface area contributed by atoms with E-state index < -0.39 is 0 Å². The minimum absolute atomic E-state index is 0.0323. The van der Waals surface area contributed by atoms with Gasteiger partial charge in [-0.2, -0.15) is 0 Å². The third-order valence-corrected chi connectivity index (χ3v) is 5.11. The van der Waals surface area contributed by atoms with E-state index in [2.05, 4.69) is 41.4 Å². The fourth-order valence-corrected chi connectivity index (χ4v) is 3.41. The zero-order chi connectivity index (χ0) is 18.9. The SMILES string of the molecule is CC1CCN(CC(=O)Nc2ccccc2OCCCc2ccccc2)CC1. The smallest absolute Gasteiger partial charge is 0.238 e. The van der Waals surface area contributed by atoms with Crippen molar-refractivity contribution >= 4 is 11.6 Å². The molecular weight excluding hydrogens is 336 g/mol. The summed E-state index contributed by atoms with van der Waals surface area (Å²) in [5.74, 6) is 1.55. The summed E-state index contributed by atoms with van der Waals surface area (Å²) in [6.07, 6.45) is 4.28. The molecule has 27 heavy (non-hydrogen) atoms. The lowest BCUT2D eigenvalue weighted by atomic mass is 9.99. The first-order chi connectivity index (χ1) is 13.2. The highest BCUT2D eigenvalue weighted by atomic mass is 16.5. The molecule has 0 aromatic heterocycles. The van der Waals surface area contributed by atoms with E-state index in [1.54, 1.807) is 0 Å². The number of benzene rings is 2. The van der Waals surface area contributed by atoms with Crippen LogP contribution in [0.3, 0.4) is 0 Å². The number of anilines is 1. The van der Waals surface area contributed by atoms with Gasteiger partial charge in [-0.3, -0.25) is 9.69 Å². The first kappa shape index (κ1) is 19.4. The van der Waals surface area contributed by atoms with Crippen LogP contribution in [0.5, 0.6) is 5.75 Å². The van der Waals surface area contributed by atoms with Crippen LogP contribution >= 0.6 is 0 Å². The highest BCUT2D eigenvalue weighted by molar-refractivity contribution is 5.93. The van der Waals surface area contributed by atoms with Crippen molar-refractivity contribution in [2.45, 2.75) is 32.6 Å². The number of piperidine rings is 1. The van der Waals surface area contributed by atoms with Crippen LogP contribution in [0, 0.1) is 5.92 Å². The molecule has 1 aliphatic rings. The fourth-order valence-electron chi connectivity index (χ4n) is 3.41. The fraction of sp³-hybridized carbons (Fsp3) is 0.435. The Kier molecular flexibility index (Phi) is 7.28. The molecule has 2 aromatic carbocycles. The van der Waals surface area contributed by atoms with Crippen LogP contribution < -0.4 is 10.1 Å². The average Bonchev–Trinajstić information content (AvgIpc) is 2.69. The molecule has 144 valence electrons. The van der Waals surface area contributed by atoms with Crippen LogP contribution in [0.4, 0.5) is 5.69 Å². The molecule has 0 saturated carbocycles. The molecule has 1 N–H and O–H groups in total. The number of amides is 1. The average molecular weight is 367 g/mol. The van der Waals surface area contributed by atoms with Crippen molar-refractivity contribution < 1.29 is 9.53 Å². The number of carbonyl (C=O) groups is 1. The maximum absolute atomic E-state index is 12.4. The van der Waals surface area contributed by atoms with Gasteiger partial charge >= 0.3 is 0 Å². The predicted molar refractivity (Wildman–Crippen MR) is 110 cm³/mol. The van der Waals surface area contributed by atoms with Gasteiger partial charge in [0.2, 0.25) is 5.91 Å². The quantitative estimate of drug-likeness (QED) is 0.706. The topological polar surface area (TPSA) is 41.6 Å². The van der Waals surface area contributed by atoms with Crippen LogP contribution in [0.1, 0.15) is 31.7 Å². The summed E-state index contributed by atoms with van der Waals surface area (Å²) in [5, 5.41) is 3.02. The van der Waals surface area contributed by atoms with Crippen LogP contribution in [0.15, 0.2) is 54.6 Å². The molecule has 1 heterocycles. The Morgan fingerprint density at radius 3 is 2.56 bits per heavy atom. The summed E-state index contributed by atoms with van der Waals surface area (Å²) >= 11 is 0. The summed E-state index contributed by atoms with van der Waals surface area (Å²) in [5.41, 5.74) is 2.08. The lowest BCUT2D eigenvalue weighted by Gasteiger charge is -2.29. The summed E-state index contributed by atoms with van der Waals surface area (Å²) < 4.78 is 5.94. The second-order valence-corrected chi connectivity index (χ2v) is 7.44. The summed E-state index contributed by atoms with van der Waals surface area (Å²) in [7, 11) is 0. The standard InChI is InChI=1S/C23H30N2O2/c1-19-13-15-25(16-14-19)18-23(26)24-21-11-5-6-12-22(21)27-17-7-10-20-8-3-2-4-9-20/h2-6,8-9,11-12,19H,7,10,13-18H2,1H3,(H,24,26). The zero-order valence-corrected chi connectivity index (χ0v) is 16.2. The Morgan fingerprint density at radius 1 is 1.07 bits per heavy atom. The maximum atomic E-state index is 12.4. The molecule has 0 radical (unpaired) electrons. The highest BCUT2D eigenvalue weighted by Crippen LogP contribution is 2.24. The highest BCUT2D eigenvalue weighted by Gasteiger charge is 2.18. The summed E-state index contributed by atoms with van der Waals surface area (Å²) in [4.78, 5) is 14.7. The Balaban J connectivity index is 1.46. The molecule has 1 amide bonds. The van der Waals surface area contributed by atoms with E-state index in [0.29, 0.717) is 13.2 Å². The third-order valence-electron chi connectivity index (χ3n) is 5.11. The second kappa shape index (κ2) is 10.1. The summed E-state index contributed by atoms with van der Waals surface area (Å²) in [6, 6.07) is 18.1. The van der Waals surface area contributed by atoms with Crippen molar-refractivity contribution in [2.75, 3.05) is 31.6 Å². The molecule has 1 fully saturated rings. The molecule has 2 aromatic rings. The summed E-state index contributed by atoms with van der Waals surface area (Å²) in [6.45, 7) is 5.38. The lowest BCUT2D eigenvalue weighted by Crippen LogP contribution is -2.38. The molecule has 4 heteroatoms. The van der Waals surface area contributed by atoms with E-state index in [4.69, 9.17) is 4.74 Å². The van der Waals surface area contributed by atoms with E-state index in [9.17, 15) is 4.79 Å². The van der Waals surface area contributed by atoms with Crippen molar-refractivity contribution in [1.82, 2.24) is 4.90 Å². The van der Waals surface area contributed by atoms with Gasteiger partial charge in [0.25, 0.3) is 0 Å². The minimum atomic E-state index is 0.0323. The number of para-hydroxylation sites is 2. The van der Waals surface area contributed by atoms with Crippen LogP contribution in [-0.2, 0) is 11.2 Å². The number of likely N-dealkylation sites (tertiary alicyclic amines) is 1. The maximum Gasteiger partial charge on any atom is 0.238 e. The molecular formula is C23H30N2O2. The Morgan fingerprint density at radius 2 is 1.78 bits per heavy atom. The number of nitrogens with zero attached hydrogens (tertiary/aromatic N) is 1. The molecule has 0 atom stereocenters. The van der Waals surface area contributed by atoms with Crippen LogP contribution in [0.2, 0.25) is 0 Å². The third kappa shape index (κ3) is 6.40. The monoisotopic (exact) mass is 366 g/mol. The number of hydrogen-bond acceptors (Lipinski definition) is 3. The molecule has 0 bridgehead atoms. The minimum Gasteiger partial charge on any atom is -0.491 e.